The summed E-state index contributed by atoms with van der Waals surface area (Å²) in [7, 11) is 9.32. The van der Waals surface area contributed by atoms with Crippen molar-refractivity contribution in [3.05, 3.63) is 0 Å². The van der Waals surface area contributed by atoms with Crippen LogP contribution in [0.1, 0.15) is 155 Å². The highest BCUT2D eigenvalue weighted by molar-refractivity contribution is 7.17. The van der Waals surface area contributed by atoms with Crippen LogP contribution in [0.3, 0.4) is 0 Å². The fourth-order valence-corrected chi connectivity index (χ4v) is 5.27. The molecular weight excluding hydrogens is 465 g/mol. The van der Waals surface area contributed by atoms with E-state index in [4.69, 9.17) is 0 Å². The molecule has 0 spiro atoms. The summed E-state index contributed by atoms with van der Waals surface area (Å²) in [4.78, 5) is 26.4. The van der Waals surface area contributed by atoms with Crippen molar-refractivity contribution in [1.82, 2.24) is 0 Å². The van der Waals surface area contributed by atoms with Crippen molar-refractivity contribution in [2.24, 2.45) is 0 Å². The van der Waals surface area contributed by atoms with Gasteiger partial charge in [-0.05, 0) is 12.8 Å². The van der Waals surface area contributed by atoms with E-state index in [-0.39, 0.29) is 24.4 Å². The fraction of sp³-hybridized carbons (Fsp3) is 0.935. The molecule has 0 aromatic carbocycles. The van der Waals surface area contributed by atoms with E-state index in [0.717, 1.165) is 38.5 Å². The zero-order valence-corrected chi connectivity index (χ0v) is 25.8. The first-order chi connectivity index (χ1) is 17.1. The summed E-state index contributed by atoms with van der Waals surface area (Å²) in [6.45, 7) is 4.48. The van der Waals surface area contributed by atoms with Crippen molar-refractivity contribution < 1.29 is 19.2 Å². The number of ketones is 2. The Kier molecular flexibility index (Phi) is 21.4. The maximum atomic E-state index is 13.2. The van der Waals surface area contributed by atoms with Crippen LogP contribution in [-0.2, 0) is 9.59 Å². The Balaban J connectivity index is 4.45. The van der Waals surface area contributed by atoms with Gasteiger partial charge in [-0.15, -0.1) is 0 Å². The van der Waals surface area contributed by atoms with Gasteiger partial charge in [-0.2, -0.15) is 0 Å². The van der Waals surface area contributed by atoms with Crippen LogP contribution in [0.5, 0.6) is 0 Å². The Morgan fingerprint density at radius 1 is 0.583 bits per heavy atom. The lowest BCUT2D eigenvalue weighted by Gasteiger charge is -2.46. The molecule has 1 N–H and O–H groups in total. The van der Waals surface area contributed by atoms with E-state index in [9.17, 15) is 14.7 Å². The number of rotatable bonds is 26. The van der Waals surface area contributed by atoms with Crippen LogP contribution in [0.15, 0.2) is 0 Å². The highest BCUT2D eigenvalue weighted by atomic mass is 31.0. The second kappa shape index (κ2) is 21.6. The van der Waals surface area contributed by atoms with Gasteiger partial charge in [-0.3, -0.25) is 9.59 Å². The van der Waals surface area contributed by atoms with E-state index in [1.54, 1.807) is 0 Å². The standard InChI is InChI=1S/C31H62NO3P/c1-6-8-10-12-14-16-18-20-22-24-26-28(33)31(35,30(36)32(3,4)5)29(34)27-25-23-21-19-17-15-13-11-9-7-2/h30,35-36H,6-27H2,1-5H3. The molecule has 36 heavy (non-hydrogen) atoms. The number of quaternary nitrogens is 1. The molecule has 0 aromatic rings. The molecule has 5 heteroatoms. The largest absolute Gasteiger partial charge is 0.488 e. The molecule has 0 saturated heterocycles. The highest BCUT2D eigenvalue weighted by Gasteiger charge is 2.48. The number of carbonyl (C=O) groups is 2. The molecule has 0 radical (unpaired) electrons. The Morgan fingerprint density at radius 3 is 1.08 bits per heavy atom. The molecule has 1 atom stereocenters. The van der Waals surface area contributed by atoms with E-state index in [1.165, 1.54) is 89.9 Å². The SMILES string of the molecule is CCCCCCCCCCCCC(=O)C(O)(C(=O)CCCCCCCCCCCC)C([PH-])[N+](C)(C)C. The molecule has 1 unspecified atom stereocenters. The van der Waals surface area contributed by atoms with Crippen LogP contribution < -0.4 is 0 Å². The number of likely N-dealkylation sites (N-methyl/N-ethyl adjacent to an activating group) is 1. The average Bonchev–Trinajstić information content (AvgIpc) is 2.84. The zero-order chi connectivity index (χ0) is 27.3. The summed E-state index contributed by atoms with van der Waals surface area (Å²) in [6.07, 6.45) is 24.4. The number of hydrogen-bond donors (Lipinski definition) is 1. The quantitative estimate of drug-likeness (QED) is 0.0530. The van der Waals surface area contributed by atoms with Gasteiger partial charge in [0.15, 0.2) is 11.6 Å². The summed E-state index contributed by atoms with van der Waals surface area (Å²) in [6, 6.07) is 0. The normalized spacial score (nSPS) is 13.2. The van der Waals surface area contributed by atoms with Crippen molar-refractivity contribution in [1.29, 1.82) is 0 Å². The molecule has 0 aliphatic carbocycles. The molecule has 0 amide bonds. The van der Waals surface area contributed by atoms with Gasteiger partial charge in [0.25, 0.3) is 0 Å². The topological polar surface area (TPSA) is 54.4 Å². The van der Waals surface area contributed by atoms with Gasteiger partial charge in [-0.25, -0.2) is 0 Å². The number of unbranched alkanes of at least 4 members (excludes halogenated alkanes) is 18. The van der Waals surface area contributed by atoms with Crippen molar-refractivity contribution in [3.8, 4) is 0 Å². The molecule has 4 nitrogen and oxygen atoms in total. The zero-order valence-electron chi connectivity index (χ0n) is 24.8. The van der Waals surface area contributed by atoms with Crippen molar-refractivity contribution in [2.45, 2.75) is 166 Å². The van der Waals surface area contributed by atoms with Gasteiger partial charge in [-0.1, -0.05) is 129 Å². The minimum atomic E-state index is -1.95. The monoisotopic (exact) mass is 527 g/mol. The van der Waals surface area contributed by atoms with E-state index in [2.05, 4.69) is 23.1 Å². The van der Waals surface area contributed by atoms with Crippen molar-refractivity contribution in [3.63, 3.8) is 0 Å². The second-order valence-electron chi connectivity index (χ2n) is 12.0. The number of hydrogen-bond acceptors (Lipinski definition) is 3. The maximum Gasteiger partial charge on any atom is 0.204 e. The number of aliphatic hydroxyl groups is 1. The van der Waals surface area contributed by atoms with Gasteiger partial charge >= 0.3 is 0 Å². The van der Waals surface area contributed by atoms with E-state index >= 15 is 0 Å². The van der Waals surface area contributed by atoms with Crippen LogP contribution in [0, 0.1) is 0 Å². The summed E-state index contributed by atoms with van der Waals surface area (Å²) in [5.41, 5.74) is -1.95. The number of Topliss-reactive ketones (excluding diaryl/α,β-unsaturated/α-hetero) is 2. The van der Waals surface area contributed by atoms with Gasteiger partial charge < -0.3 is 18.8 Å². The molecule has 0 fully saturated rings. The summed E-state index contributed by atoms with van der Waals surface area (Å²) in [5, 5.41) is 11.5. The molecule has 214 valence electrons. The predicted molar refractivity (Wildman–Crippen MR) is 158 cm³/mol. The first-order valence-corrected chi connectivity index (χ1v) is 16.0. The Labute approximate surface area is 227 Å². The van der Waals surface area contributed by atoms with Gasteiger partial charge in [0.05, 0.1) is 21.1 Å². The summed E-state index contributed by atoms with van der Waals surface area (Å²) in [5.74, 6) is -1.27. The number of carbonyl (C=O) groups excluding carboxylic acids is 2. The van der Waals surface area contributed by atoms with Crippen LogP contribution in [-0.4, -0.2) is 53.7 Å². The smallest absolute Gasteiger partial charge is 0.204 e. The summed E-state index contributed by atoms with van der Waals surface area (Å²) >= 11 is 0. The molecule has 0 aromatic heterocycles. The lowest BCUT2D eigenvalue weighted by atomic mass is 9.85. The third-order valence-corrected chi connectivity index (χ3v) is 8.73. The minimum Gasteiger partial charge on any atom is -0.488 e. The Bertz CT molecular complexity index is 523. The predicted octanol–water partition coefficient (Wildman–Crippen LogP) is 8.65. The van der Waals surface area contributed by atoms with Gasteiger partial charge in [0.2, 0.25) is 5.60 Å². The van der Waals surface area contributed by atoms with Crippen molar-refractivity contribution >= 4 is 20.8 Å². The average molecular weight is 528 g/mol. The van der Waals surface area contributed by atoms with Crippen LogP contribution >= 0.6 is 9.24 Å². The molecule has 0 aliphatic rings. The molecule has 0 heterocycles. The first kappa shape index (κ1) is 35.7. The minimum absolute atomic E-state index is 0.276. The molecule has 0 aliphatic heterocycles. The fourth-order valence-electron chi connectivity index (χ4n) is 4.95. The molecule has 0 rings (SSSR count). The van der Waals surface area contributed by atoms with E-state index < -0.39 is 11.4 Å². The van der Waals surface area contributed by atoms with Crippen LogP contribution in [0.4, 0.5) is 0 Å². The molecule has 0 saturated carbocycles. The first-order valence-electron chi connectivity index (χ1n) is 15.4. The third-order valence-electron chi connectivity index (χ3n) is 7.54. The lowest BCUT2D eigenvalue weighted by molar-refractivity contribution is -0.885. The maximum absolute atomic E-state index is 13.2. The summed E-state index contributed by atoms with van der Waals surface area (Å²) < 4.78 is 0.306. The Hall–Kier alpha value is -0.310. The van der Waals surface area contributed by atoms with Crippen molar-refractivity contribution in [2.75, 3.05) is 21.1 Å². The highest BCUT2D eigenvalue weighted by Crippen LogP contribution is 2.30. The van der Waals surface area contributed by atoms with E-state index in [0.29, 0.717) is 4.48 Å². The lowest BCUT2D eigenvalue weighted by Crippen LogP contribution is -2.63. The second-order valence-corrected chi connectivity index (χ2v) is 12.5. The van der Waals surface area contributed by atoms with Gasteiger partial charge in [0.1, 0.15) is 0 Å². The van der Waals surface area contributed by atoms with Crippen LogP contribution in [0.25, 0.3) is 0 Å². The number of nitrogens with zero attached hydrogens (tertiary/aromatic N) is 1. The van der Waals surface area contributed by atoms with Crippen LogP contribution in [0.2, 0.25) is 0 Å². The third kappa shape index (κ3) is 15.8. The molecule has 0 bridgehead atoms. The van der Waals surface area contributed by atoms with E-state index in [1.807, 2.05) is 21.1 Å². The molecular formula is C31H62NO3P. The van der Waals surface area contributed by atoms with Gasteiger partial charge in [0, 0.05) is 18.6 Å². The Morgan fingerprint density at radius 2 is 0.833 bits per heavy atom.